The Bertz CT molecular complexity index is 1600. The molecule has 0 spiro atoms. The summed E-state index contributed by atoms with van der Waals surface area (Å²) < 4.78 is 2.85. The molecule has 1 atom stereocenters. The molecule has 2 aliphatic carbocycles. The van der Waals surface area contributed by atoms with Gasteiger partial charge in [-0.15, -0.1) is 0 Å². The quantitative estimate of drug-likeness (QED) is 0.565. The standard InChI is InChI=1S/C29H33N5O2/c1-4-5-17-30-34-18-33(27-26(34)28(35)32(3)29(36)31(27)2)25-12-8-11-21-23-14-13-19-9-6-7-10-20(19)22(23)15-16-24(21)25/h6-7,9-11,14-16,25,30H,4-5,8,12-13,17-18H2,1-3H3. The van der Waals surface area contributed by atoms with E-state index in [0.717, 1.165) is 38.6 Å². The summed E-state index contributed by atoms with van der Waals surface area (Å²) in [6.45, 7) is 3.46. The molecule has 0 fully saturated rings. The molecule has 7 heteroatoms. The fourth-order valence-corrected chi connectivity index (χ4v) is 6.10. The lowest BCUT2D eigenvalue weighted by molar-refractivity contribution is 0.538. The predicted molar refractivity (Wildman–Crippen MR) is 145 cm³/mol. The Morgan fingerprint density at radius 2 is 1.81 bits per heavy atom. The second-order valence-corrected chi connectivity index (χ2v) is 10.1. The summed E-state index contributed by atoms with van der Waals surface area (Å²) in [5.74, 6) is 0.706. The van der Waals surface area contributed by atoms with Gasteiger partial charge in [0.25, 0.3) is 5.56 Å². The Morgan fingerprint density at radius 1 is 0.972 bits per heavy atom. The molecule has 6 rings (SSSR count). The van der Waals surface area contributed by atoms with Gasteiger partial charge >= 0.3 is 5.69 Å². The summed E-state index contributed by atoms with van der Waals surface area (Å²) in [7, 11) is 3.33. The lowest BCUT2D eigenvalue weighted by Gasteiger charge is -2.34. The second-order valence-electron chi connectivity index (χ2n) is 10.1. The zero-order valence-corrected chi connectivity index (χ0v) is 21.3. The molecule has 7 nitrogen and oxygen atoms in total. The summed E-state index contributed by atoms with van der Waals surface area (Å²) in [6.07, 6.45) is 9.64. The zero-order valence-electron chi connectivity index (χ0n) is 21.3. The molecule has 2 heterocycles. The number of benzene rings is 2. The van der Waals surface area contributed by atoms with Crippen LogP contribution in [-0.4, -0.2) is 22.3 Å². The third-order valence-electron chi connectivity index (χ3n) is 7.96. The number of fused-ring (bicyclic) bond motifs is 6. The van der Waals surface area contributed by atoms with Crippen LogP contribution in [0.25, 0.3) is 23.3 Å². The van der Waals surface area contributed by atoms with Gasteiger partial charge in [-0.05, 0) is 58.4 Å². The third-order valence-corrected chi connectivity index (χ3v) is 7.96. The molecule has 0 amide bonds. The molecule has 1 aromatic heterocycles. The molecule has 0 saturated heterocycles. The maximum atomic E-state index is 13.3. The average molecular weight is 484 g/mol. The molecular formula is C29H33N5O2. The van der Waals surface area contributed by atoms with E-state index in [1.54, 1.807) is 18.7 Å². The van der Waals surface area contributed by atoms with Gasteiger partial charge in [0, 0.05) is 20.6 Å². The Kier molecular flexibility index (Phi) is 5.60. The largest absolute Gasteiger partial charge is 0.332 e. The predicted octanol–water partition coefficient (Wildman–Crippen LogP) is 2.29. The molecule has 3 aromatic rings. The number of hydrogen-bond donors (Lipinski definition) is 1. The molecule has 2 aromatic carbocycles. The van der Waals surface area contributed by atoms with Gasteiger partial charge in [0.2, 0.25) is 0 Å². The van der Waals surface area contributed by atoms with E-state index in [0.29, 0.717) is 18.2 Å². The van der Waals surface area contributed by atoms with E-state index in [1.807, 2.05) is 5.01 Å². The van der Waals surface area contributed by atoms with Crippen molar-refractivity contribution in [3.05, 3.63) is 78.8 Å². The summed E-state index contributed by atoms with van der Waals surface area (Å²) in [4.78, 5) is 28.5. The van der Waals surface area contributed by atoms with Crippen molar-refractivity contribution >= 4 is 23.7 Å². The van der Waals surface area contributed by atoms with Gasteiger partial charge in [-0.25, -0.2) is 10.2 Å². The molecular weight excluding hydrogens is 450 g/mol. The maximum absolute atomic E-state index is 13.3. The van der Waals surface area contributed by atoms with Crippen LogP contribution in [0.5, 0.6) is 0 Å². The van der Waals surface area contributed by atoms with Gasteiger partial charge in [-0.3, -0.25) is 18.9 Å². The number of hydrogen-bond acceptors (Lipinski definition) is 5. The lowest BCUT2D eigenvalue weighted by atomic mass is 9.85. The van der Waals surface area contributed by atoms with E-state index in [1.165, 1.54) is 37.3 Å². The first-order valence-electron chi connectivity index (χ1n) is 13.0. The lowest BCUT2D eigenvalue weighted by Crippen LogP contribution is -2.46. The van der Waals surface area contributed by atoms with Gasteiger partial charge in [0.15, 0.2) is 5.69 Å². The van der Waals surface area contributed by atoms with Crippen LogP contribution in [0.4, 0.5) is 11.5 Å². The van der Waals surface area contributed by atoms with Crippen molar-refractivity contribution in [3.8, 4) is 11.1 Å². The van der Waals surface area contributed by atoms with Crippen LogP contribution in [0, 0.1) is 0 Å². The average Bonchev–Trinajstić information content (AvgIpc) is 3.29. The van der Waals surface area contributed by atoms with Crippen molar-refractivity contribution in [1.82, 2.24) is 14.6 Å². The van der Waals surface area contributed by atoms with E-state index in [9.17, 15) is 9.59 Å². The number of anilines is 2. The topological polar surface area (TPSA) is 62.5 Å². The minimum absolute atomic E-state index is 0.0790. The van der Waals surface area contributed by atoms with Crippen molar-refractivity contribution in [3.63, 3.8) is 0 Å². The molecule has 0 radical (unpaired) electrons. The first-order chi connectivity index (χ1) is 17.5. The highest BCUT2D eigenvalue weighted by molar-refractivity contribution is 5.75. The highest BCUT2D eigenvalue weighted by Crippen LogP contribution is 2.39. The maximum Gasteiger partial charge on any atom is 0.332 e. The summed E-state index contributed by atoms with van der Waals surface area (Å²) in [5.41, 5.74) is 8.71. The number of aromatic nitrogens is 2. The van der Waals surface area contributed by atoms with Crippen LogP contribution in [0.2, 0.25) is 0 Å². The highest BCUT2D eigenvalue weighted by atomic mass is 16.2. The first-order valence-corrected chi connectivity index (χ1v) is 13.0. The molecule has 1 aliphatic heterocycles. The smallest absolute Gasteiger partial charge is 0.330 e. The van der Waals surface area contributed by atoms with Crippen LogP contribution < -0.4 is 37.0 Å². The Hall–Kier alpha value is -3.58. The minimum atomic E-state index is -0.294. The van der Waals surface area contributed by atoms with Gasteiger partial charge in [-0.1, -0.05) is 61.9 Å². The summed E-state index contributed by atoms with van der Waals surface area (Å²) >= 11 is 0. The van der Waals surface area contributed by atoms with Crippen LogP contribution >= 0.6 is 0 Å². The van der Waals surface area contributed by atoms with E-state index in [2.05, 4.69) is 65.8 Å². The van der Waals surface area contributed by atoms with Crippen molar-refractivity contribution in [2.75, 3.05) is 23.1 Å². The fourth-order valence-electron chi connectivity index (χ4n) is 6.10. The Labute approximate surface area is 210 Å². The SMILES string of the molecule is CCCCNN1CN(C2CCC=c3c2ccc2c3=CCc3ccccc3-2)c2c1c(=O)n(C)c(=O)n2C. The normalized spacial score (nSPS) is 17.6. The number of unbranched alkanes of at least 4 members (excludes halogenated alkanes) is 1. The van der Waals surface area contributed by atoms with E-state index in [4.69, 9.17) is 0 Å². The van der Waals surface area contributed by atoms with Gasteiger partial charge in [-0.2, -0.15) is 0 Å². The third kappa shape index (κ3) is 3.37. The van der Waals surface area contributed by atoms with Crippen molar-refractivity contribution < 1.29 is 0 Å². The van der Waals surface area contributed by atoms with Crippen molar-refractivity contribution in [2.24, 2.45) is 14.1 Å². The molecule has 3 aliphatic rings. The van der Waals surface area contributed by atoms with E-state index in [-0.39, 0.29) is 17.3 Å². The van der Waals surface area contributed by atoms with Crippen LogP contribution in [0.15, 0.2) is 46.0 Å². The molecule has 0 bridgehead atoms. The van der Waals surface area contributed by atoms with Crippen molar-refractivity contribution in [1.29, 1.82) is 0 Å². The number of hydrazine groups is 1. The number of nitrogens with one attached hydrogen (secondary N) is 1. The molecule has 186 valence electrons. The zero-order chi connectivity index (χ0) is 25.0. The Balaban J connectivity index is 1.48. The van der Waals surface area contributed by atoms with Gasteiger partial charge < -0.3 is 4.90 Å². The Morgan fingerprint density at radius 3 is 2.64 bits per heavy atom. The highest BCUT2D eigenvalue weighted by Gasteiger charge is 2.38. The first kappa shape index (κ1) is 22.9. The fraction of sp³-hybridized carbons (Fsp3) is 0.379. The molecule has 1 N–H and O–H groups in total. The minimum Gasteiger partial charge on any atom is -0.330 e. The number of nitrogens with zero attached hydrogens (tertiary/aromatic N) is 4. The molecule has 1 unspecified atom stereocenters. The van der Waals surface area contributed by atoms with Gasteiger partial charge in [0.1, 0.15) is 12.5 Å². The van der Waals surface area contributed by atoms with Crippen LogP contribution in [-0.2, 0) is 20.5 Å². The van der Waals surface area contributed by atoms with Crippen LogP contribution in [0.1, 0.15) is 49.8 Å². The number of rotatable bonds is 5. The summed E-state index contributed by atoms with van der Waals surface area (Å²) in [5, 5.41) is 4.56. The van der Waals surface area contributed by atoms with Gasteiger partial charge in [0.05, 0.1) is 6.04 Å². The summed E-state index contributed by atoms with van der Waals surface area (Å²) in [6, 6.07) is 13.2. The second kappa shape index (κ2) is 8.82. The molecule has 36 heavy (non-hydrogen) atoms. The van der Waals surface area contributed by atoms with E-state index >= 15 is 0 Å². The van der Waals surface area contributed by atoms with Crippen molar-refractivity contribution in [2.45, 2.75) is 45.1 Å². The monoisotopic (exact) mass is 483 g/mol. The van der Waals surface area contributed by atoms with E-state index < -0.39 is 0 Å². The molecule has 0 saturated carbocycles. The van der Waals surface area contributed by atoms with Crippen LogP contribution in [0.3, 0.4) is 0 Å².